The number of hydrogen-bond acceptors (Lipinski definition) is 8. The van der Waals surface area contributed by atoms with Gasteiger partial charge in [-0.15, -0.1) is 0 Å². The number of nitrogens with one attached hydrogen (secondary N) is 3. The molecule has 0 aromatic carbocycles. The molecule has 36 heavy (non-hydrogen) atoms. The quantitative estimate of drug-likeness (QED) is 0.0514. The first-order chi connectivity index (χ1) is 16.6. The van der Waals surface area contributed by atoms with Gasteiger partial charge in [-0.2, -0.15) is 0 Å². The van der Waals surface area contributed by atoms with Gasteiger partial charge in [-0.3, -0.25) is 29.0 Å². The van der Waals surface area contributed by atoms with Gasteiger partial charge < -0.3 is 49.1 Å². The Morgan fingerprint density at radius 3 is 1.81 bits per heavy atom. The van der Waals surface area contributed by atoms with E-state index in [2.05, 4.69) is 20.9 Å². The first-order valence-electron chi connectivity index (χ1n) is 11.1. The first kappa shape index (κ1) is 32.0. The highest BCUT2D eigenvalue weighted by Gasteiger charge is 2.31. The number of primary amides is 1. The third-order valence-electron chi connectivity index (χ3n) is 4.67. The number of rotatable bonds is 17. The fourth-order valence-electron chi connectivity index (χ4n) is 2.98. The van der Waals surface area contributed by atoms with Crippen molar-refractivity contribution in [2.24, 2.45) is 33.8 Å². The second-order valence-corrected chi connectivity index (χ2v) is 8.47. The van der Waals surface area contributed by atoms with Crippen LogP contribution < -0.4 is 38.9 Å². The fourth-order valence-corrected chi connectivity index (χ4v) is 2.98. The highest BCUT2D eigenvalue weighted by Crippen LogP contribution is 2.08. The van der Waals surface area contributed by atoms with Gasteiger partial charge in [0.15, 0.2) is 5.96 Å². The zero-order chi connectivity index (χ0) is 28.0. The summed E-state index contributed by atoms with van der Waals surface area (Å²) < 4.78 is 0. The molecule has 0 radical (unpaired) electrons. The van der Waals surface area contributed by atoms with Crippen LogP contribution >= 0.6 is 0 Å². The Bertz CT molecular complexity index is 844. The summed E-state index contributed by atoms with van der Waals surface area (Å²) in [7, 11) is 0. The van der Waals surface area contributed by atoms with Gasteiger partial charge in [-0.1, -0.05) is 13.8 Å². The monoisotopic (exact) mass is 516 g/mol. The number of aliphatic imine (C=N–C) groups is 1. The maximum atomic E-state index is 12.8. The number of hydrogen-bond donors (Lipinski definition) is 9. The maximum absolute atomic E-state index is 12.8. The van der Waals surface area contributed by atoms with Crippen LogP contribution in [0.1, 0.15) is 46.0 Å². The third kappa shape index (κ3) is 13.7. The SMILES string of the molecule is CC(C)CC(NC(=O)C(CC(N)=O)NC(=O)C(N)CC(=O)O)C(=O)NC(CCCN=C(N)N)C(=O)O. The summed E-state index contributed by atoms with van der Waals surface area (Å²) in [4.78, 5) is 75.3. The Labute approximate surface area is 207 Å². The number of carboxylic acid groups (broad SMARTS) is 2. The van der Waals surface area contributed by atoms with Gasteiger partial charge in [-0.25, -0.2) is 4.79 Å². The molecule has 16 nitrogen and oxygen atoms in total. The summed E-state index contributed by atoms with van der Waals surface area (Å²) in [6.07, 6.45) is -1.04. The molecule has 0 bridgehead atoms. The lowest BCUT2D eigenvalue weighted by Crippen LogP contribution is -2.58. The van der Waals surface area contributed by atoms with Crippen molar-refractivity contribution in [3.05, 3.63) is 0 Å². The van der Waals surface area contributed by atoms with E-state index in [9.17, 15) is 33.9 Å². The molecular weight excluding hydrogens is 480 g/mol. The van der Waals surface area contributed by atoms with Gasteiger partial charge in [0.2, 0.25) is 23.6 Å². The standard InChI is InChI=1S/C20H36N8O8/c1-9(2)6-12(17(33)26-11(19(35)36)4-3-5-25-20(23)24)28-18(34)13(8-14(22)29)27-16(32)10(21)7-15(30)31/h9-13H,3-8,21H2,1-2H3,(H2,22,29)(H,26,33)(H,27,32)(H,28,34)(H,30,31)(H,35,36)(H4,23,24,25). The Balaban J connectivity index is 5.50. The van der Waals surface area contributed by atoms with E-state index in [4.69, 9.17) is 28.0 Å². The molecule has 0 aliphatic heterocycles. The van der Waals surface area contributed by atoms with Gasteiger partial charge in [0.05, 0.1) is 18.9 Å². The highest BCUT2D eigenvalue weighted by atomic mass is 16.4. The molecule has 0 fully saturated rings. The van der Waals surface area contributed by atoms with Crippen molar-refractivity contribution in [1.82, 2.24) is 16.0 Å². The number of carbonyl (C=O) groups is 6. The minimum atomic E-state index is -1.55. The number of carboxylic acids is 2. The molecule has 0 heterocycles. The van der Waals surface area contributed by atoms with Gasteiger partial charge in [0.1, 0.15) is 18.1 Å². The third-order valence-corrected chi connectivity index (χ3v) is 4.67. The van der Waals surface area contributed by atoms with E-state index in [0.29, 0.717) is 0 Å². The lowest BCUT2D eigenvalue weighted by Gasteiger charge is -2.25. The first-order valence-corrected chi connectivity index (χ1v) is 11.1. The Morgan fingerprint density at radius 2 is 1.33 bits per heavy atom. The molecule has 0 aromatic rings. The lowest BCUT2D eigenvalue weighted by atomic mass is 10.0. The van der Waals surface area contributed by atoms with Crippen LogP contribution in [0.5, 0.6) is 0 Å². The van der Waals surface area contributed by atoms with E-state index in [1.165, 1.54) is 0 Å². The van der Waals surface area contributed by atoms with Gasteiger partial charge >= 0.3 is 11.9 Å². The number of amides is 4. The van der Waals surface area contributed by atoms with E-state index < -0.39 is 72.6 Å². The van der Waals surface area contributed by atoms with Crippen molar-refractivity contribution < 1.29 is 39.0 Å². The summed E-state index contributed by atoms with van der Waals surface area (Å²) in [6.45, 7) is 3.65. The van der Waals surface area contributed by atoms with Gasteiger partial charge in [0, 0.05) is 6.54 Å². The molecule has 0 saturated carbocycles. The summed E-state index contributed by atoms with van der Waals surface area (Å²) in [5, 5.41) is 25.1. The number of nitrogens with zero attached hydrogens (tertiary/aromatic N) is 1. The van der Waals surface area contributed by atoms with Crippen LogP contribution in [-0.4, -0.2) is 82.5 Å². The zero-order valence-electron chi connectivity index (χ0n) is 20.2. The topological polar surface area (TPSA) is 295 Å². The summed E-state index contributed by atoms with van der Waals surface area (Å²) in [5.74, 6) is -6.70. The van der Waals surface area contributed by atoms with Crippen LogP contribution in [0.25, 0.3) is 0 Å². The molecule has 204 valence electrons. The van der Waals surface area contributed by atoms with Gasteiger partial charge in [-0.05, 0) is 25.2 Å². The van der Waals surface area contributed by atoms with Crippen LogP contribution in [0.4, 0.5) is 0 Å². The number of guanidine groups is 1. The molecule has 4 amide bonds. The summed E-state index contributed by atoms with van der Waals surface area (Å²) in [6, 6.07) is -5.58. The molecule has 0 spiro atoms. The van der Waals surface area contributed by atoms with Crippen molar-refractivity contribution in [1.29, 1.82) is 0 Å². The minimum Gasteiger partial charge on any atom is -0.481 e. The molecule has 16 heteroatoms. The average Bonchev–Trinajstić information content (AvgIpc) is 2.73. The molecule has 0 saturated heterocycles. The average molecular weight is 517 g/mol. The number of carbonyl (C=O) groups excluding carboxylic acids is 4. The van der Waals surface area contributed by atoms with E-state index in [1.807, 2.05) is 0 Å². The molecule has 13 N–H and O–H groups in total. The molecule has 0 aromatic heterocycles. The predicted octanol–water partition coefficient (Wildman–Crippen LogP) is -3.70. The summed E-state index contributed by atoms with van der Waals surface area (Å²) in [5.41, 5.74) is 21.1. The number of aliphatic carboxylic acids is 2. The van der Waals surface area contributed by atoms with E-state index in [0.717, 1.165) is 0 Å². The maximum Gasteiger partial charge on any atom is 0.326 e. The van der Waals surface area contributed by atoms with Crippen LogP contribution in [-0.2, 0) is 28.8 Å². The van der Waals surface area contributed by atoms with Crippen molar-refractivity contribution in [3.63, 3.8) is 0 Å². The fraction of sp³-hybridized carbons (Fsp3) is 0.650. The molecule has 4 unspecified atom stereocenters. The largest absolute Gasteiger partial charge is 0.481 e. The van der Waals surface area contributed by atoms with E-state index in [1.54, 1.807) is 13.8 Å². The molecular formula is C20H36N8O8. The second kappa shape index (κ2) is 15.9. The summed E-state index contributed by atoms with van der Waals surface area (Å²) >= 11 is 0. The Morgan fingerprint density at radius 1 is 0.806 bits per heavy atom. The van der Waals surface area contributed by atoms with Crippen molar-refractivity contribution >= 4 is 41.5 Å². The predicted molar refractivity (Wildman–Crippen MR) is 127 cm³/mol. The molecule has 4 atom stereocenters. The minimum absolute atomic E-state index is 0.00201. The Kier molecular flexibility index (Phi) is 14.1. The number of nitrogens with two attached hydrogens (primary N) is 4. The van der Waals surface area contributed by atoms with E-state index in [-0.39, 0.29) is 37.7 Å². The van der Waals surface area contributed by atoms with Crippen molar-refractivity contribution in [2.45, 2.75) is 70.1 Å². The Hall–Kier alpha value is -3.95. The molecule has 0 aliphatic rings. The molecule has 0 aliphatic carbocycles. The lowest BCUT2D eigenvalue weighted by molar-refractivity contribution is -0.142. The van der Waals surface area contributed by atoms with Crippen LogP contribution in [0.15, 0.2) is 4.99 Å². The highest BCUT2D eigenvalue weighted by molar-refractivity contribution is 5.96. The van der Waals surface area contributed by atoms with E-state index >= 15 is 0 Å². The smallest absolute Gasteiger partial charge is 0.326 e. The van der Waals surface area contributed by atoms with Crippen LogP contribution in [0.2, 0.25) is 0 Å². The van der Waals surface area contributed by atoms with Crippen LogP contribution in [0, 0.1) is 5.92 Å². The van der Waals surface area contributed by atoms with Crippen molar-refractivity contribution in [2.75, 3.05) is 6.54 Å². The van der Waals surface area contributed by atoms with Gasteiger partial charge in [0.25, 0.3) is 0 Å². The second-order valence-electron chi connectivity index (χ2n) is 8.47. The zero-order valence-corrected chi connectivity index (χ0v) is 20.2. The molecule has 0 rings (SSSR count). The van der Waals surface area contributed by atoms with Crippen molar-refractivity contribution in [3.8, 4) is 0 Å². The normalized spacial score (nSPS) is 14.0. The van der Waals surface area contributed by atoms with Crippen LogP contribution in [0.3, 0.4) is 0 Å².